The van der Waals surface area contributed by atoms with Gasteiger partial charge in [0.05, 0.1) is 24.8 Å². The van der Waals surface area contributed by atoms with Gasteiger partial charge in [0, 0.05) is 13.2 Å². The number of amides is 2. The SMILES string of the molecule is O=C(N[C@H]1CCCN2C(=O)COc3ccccc3C3CCC(CC3)OCC12)C1CCCCO1. The van der Waals surface area contributed by atoms with Crippen molar-refractivity contribution in [2.45, 2.75) is 88.0 Å². The van der Waals surface area contributed by atoms with E-state index in [0.29, 0.717) is 25.7 Å². The van der Waals surface area contributed by atoms with Gasteiger partial charge in [0.1, 0.15) is 11.9 Å². The van der Waals surface area contributed by atoms with Crippen LogP contribution in [0.1, 0.15) is 69.3 Å². The van der Waals surface area contributed by atoms with Crippen LogP contribution >= 0.6 is 0 Å². The second-order valence-electron chi connectivity index (χ2n) is 9.90. The number of nitrogens with one attached hydrogen (secondary N) is 1. The second-order valence-corrected chi connectivity index (χ2v) is 9.90. The molecule has 1 aromatic rings. The molecule has 3 fully saturated rings. The largest absolute Gasteiger partial charge is 0.483 e. The van der Waals surface area contributed by atoms with Crippen LogP contribution in [0, 0.1) is 0 Å². The summed E-state index contributed by atoms with van der Waals surface area (Å²) >= 11 is 0. The topological polar surface area (TPSA) is 77.1 Å². The molecule has 4 heterocycles. The lowest BCUT2D eigenvalue weighted by atomic mass is 9.82. The average Bonchev–Trinajstić information content (AvgIpc) is 2.88. The van der Waals surface area contributed by atoms with Crippen molar-refractivity contribution in [3.05, 3.63) is 29.8 Å². The molecule has 2 bridgehead atoms. The fourth-order valence-electron chi connectivity index (χ4n) is 5.91. The van der Waals surface area contributed by atoms with Crippen LogP contribution in [0.25, 0.3) is 0 Å². The van der Waals surface area contributed by atoms with E-state index in [2.05, 4.69) is 17.4 Å². The average molecular weight is 457 g/mol. The standard InChI is InChI=1S/C26H36N2O5/c29-25-17-33-23-8-2-1-6-20(23)18-10-12-19(13-11-18)32-16-22-21(7-5-14-28(22)25)27-26(30)24-9-3-4-15-31-24/h1-2,6,8,18-19,21-22,24H,3-5,7,9-17H2,(H,27,30)/t18?,19?,21-,22?,24?/m0/s1. The molecule has 5 aliphatic rings. The number of nitrogens with zero attached hydrogens (tertiary/aromatic N) is 1. The van der Waals surface area contributed by atoms with Crippen molar-refractivity contribution in [2.24, 2.45) is 0 Å². The third-order valence-corrected chi connectivity index (χ3v) is 7.79. The highest BCUT2D eigenvalue weighted by Crippen LogP contribution is 2.38. The van der Waals surface area contributed by atoms with Gasteiger partial charge in [-0.1, -0.05) is 18.2 Å². The Kier molecular flexibility index (Phi) is 7.16. The van der Waals surface area contributed by atoms with E-state index >= 15 is 0 Å². The number of benzene rings is 1. The first-order chi connectivity index (χ1) is 16.2. The van der Waals surface area contributed by atoms with Crippen LogP contribution in [0.3, 0.4) is 0 Å². The number of hydrogen-bond acceptors (Lipinski definition) is 5. The summed E-state index contributed by atoms with van der Waals surface area (Å²) in [6.45, 7) is 1.76. The summed E-state index contributed by atoms with van der Waals surface area (Å²) in [4.78, 5) is 28.1. The highest BCUT2D eigenvalue weighted by molar-refractivity contribution is 5.82. The van der Waals surface area contributed by atoms with Crippen LogP contribution in [-0.2, 0) is 19.1 Å². The Bertz CT molecular complexity index is 832. The fraction of sp³-hybridized carbons (Fsp3) is 0.692. The Balaban J connectivity index is 1.34. The van der Waals surface area contributed by atoms with Crippen molar-refractivity contribution in [3.8, 4) is 5.75 Å². The van der Waals surface area contributed by atoms with E-state index in [9.17, 15) is 9.59 Å². The molecule has 2 saturated heterocycles. The van der Waals surface area contributed by atoms with E-state index in [1.165, 1.54) is 5.56 Å². The zero-order chi connectivity index (χ0) is 22.6. The normalized spacial score (nSPS) is 32.9. The first-order valence-corrected chi connectivity index (χ1v) is 12.7. The van der Waals surface area contributed by atoms with Crippen LogP contribution in [0.2, 0.25) is 0 Å². The molecule has 33 heavy (non-hydrogen) atoms. The Morgan fingerprint density at radius 3 is 2.64 bits per heavy atom. The van der Waals surface area contributed by atoms with Crippen LogP contribution in [0.4, 0.5) is 0 Å². The molecule has 1 aromatic carbocycles. The maximum atomic E-state index is 13.3. The Morgan fingerprint density at radius 2 is 1.82 bits per heavy atom. The summed E-state index contributed by atoms with van der Waals surface area (Å²) in [5.74, 6) is 1.17. The van der Waals surface area contributed by atoms with Gasteiger partial charge in [0.25, 0.3) is 5.91 Å². The second kappa shape index (κ2) is 10.4. The number of hydrogen-bond donors (Lipinski definition) is 1. The Morgan fingerprint density at radius 1 is 0.970 bits per heavy atom. The quantitative estimate of drug-likeness (QED) is 0.740. The zero-order valence-electron chi connectivity index (χ0n) is 19.4. The molecular formula is C26H36N2O5. The molecule has 1 saturated carbocycles. The van der Waals surface area contributed by atoms with E-state index in [4.69, 9.17) is 14.2 Å². The van der Waals surface area contributed by atoms with Crippen molar-refractivity contribution >= 4 is 11.8 Å². The predicted octanol–water partition coefficient (Wildman–Crippen LogP) is 3.17. The van der Waals surface area contributed by atoms with Crippen molar-refractivity contribution in [1.29, 1.82) is 0 Å². The van der Waals surface area contributed by atoms with Crippen molar-refractivity contribution in [3.63, 3.8) is 0 Å². The molecule has 1 N–H and O–H groups in total. The molecule has 7 nitrogen and oxygen atoms in total. The molecule has 2 amide bonds. The van der Waals surface area contributed by atoms with Crippen LogP contribution in [0.15, 0.2) is 24.3 Å². The predicted molar refractivity (Wildman–Crippen MR) is 123 cm³/mol. The fourth-order valence-corrected chi connectivity index (χ4v) is 5.91. The van der Waals surface area contributed by atoms with E-state index in [1.807, 2.05) is 17.0 Å². The van der Waals surface area contributed by atoms with Gasteiger partial charge in [0.2, 0.25) is 5.91 Å². The maximum absolute atomic E-state index is 13.3. The molecule has 7 heteroatoms. The lowest BCUT2D eigenvalue weighted by Crippen LogP contribution is -2.61. The number of piperidine rings is 1. The highest BCUT2D eigenvalue weighted by atomic mass is 16.5. The molecule has 180 valence electrons. The first-order valence-electron chi connectivity index (χ1n) is 12.7. The van der Waals surface area contributed by atoms with Gasteiger partial charge in [-0.3, -0.25) is 9.59 Å². The minimum Gasteiger partial charge on any atom is -0.483 e. The monoisotopic (exact) mass is 456 g/mol. The molecule has 0 aromatic heterocycles. The lowest BCUT2D eigenvalue weighted by Gasteiger charge is -2.42. The highest BCUT2D eigenvalue weighted by Gasteiger charge is 2.38. The summed E-state index contributed by atoms with van der Waals surface area (Å²) in [6.07, 6.45) is 8.44. The van der Waals surface area contributed by atoms with Crippen molar-refractivity contribution in [2.75, 3.05) is 26.4 Å². The van der Waals surface area contributed by atoms with Gasteiger partial charge in [0.15, 0.2) is 6.61 Å². The molecule has 6 rings (SSSR count). The number of para-hydroxylation sites is 1. The molecule has 0 radical (unpaired) electrons. The third-order valence-electron chi connectivity index (χ3n) is 7.79. The number of carbonyl (C=O) groups is 2. The lowest BCUT2D eigenvalue weighted by molar-refractivity contribution is -0.144. The van der Waals surface area contributed by atoms with Crippen molar-refractivity contribution in [1.82, 2.24) is 10.2 Å². The number of ether oxygens (including phenoxy) is 3. The van der Waals surface area contributed by atoms with E-state index < -0.39 is 0 Å². The van der Waals surface area contributed by atoms with Gasteiger partial charge in [-0.25, -0.2) is 0 Å². The minimum absolute atomic E-state index is 0.00998. The van der Waals surface area contributed by atoms with Crippen LogP contribution < -0.4 is 10.1 Å². The molecule has 1 aliphatic carbocycles. The van der Waals surface area contributed by atoms with Crippen LogP contribution in [-0.4, -0.2) is 67.4 Å². The van der Waals surface area contributed by atoms with E-state index in [0.717, 1.165) is 63.5 Å². The summed E-state index contributed by atoms with van der Waals surface area (Å²) in [5, 5.41) is 3.21. The molecular weight excluding hydrogens is 420 g/mol. The number of rotatable bonds is 2. The maximum Gasteiger partial charge on any atom is 0.260 e. The Hall–Kier alpha value is -2.12. The smallest absolute Gasteiger partial charge is 0.260 e. The van der Waals surface area contributed by atoms with Gasteiger partial charge >= 0.3 is 0 Å². The summed E-state index contributed by atoms with van der Waals surface area (Å²) in [5.41, 5.74) is 1.20. The Labute approximate surface area is 196 Å². The number of carbonyl (C=O) groups excluding carboxylic acids is 2. The van der Waals surface area contributed by atoms with Gasteiger partial charge in [-0.15, -0.1) is 0 Å². The molecule has 0 spiro atoms. The zero-order valence-corrected chi connectivity index (χ0v) is 19.4. The van der Waals surface area contributed by atoms with Crippen LogP contribution in [0.5, 0.6) is 5.75 Å². The molecule has 2 unspecified atom stereocenters. The summed E-state index contributed by atoms with van der Waals surface area (Å²) in [7, 11) is 0. The van der Waals surface area contributed by atoms with Gasteiger partial charge < -0.3 is 24.4 Å². The summed E-state index contributed by atoms with van der Waals surface area (Å²) in [6, 6.07) is 7.82. The molecule has 3 atom stereocenters. The van der Waals surface area contributed by atoms with Crippen molar-refractivity contribution < 1.29 is 23.8 Å². The third kappa shape index (κ3) is 5.19. The first kappa shape index (κ1) is 22.7. The minimum atomic E-state index is -0.379. The van der Waals surface area contributed by atoms with Gasteiger partial charge in [-0.05, 0) is 75.3 Å². The number of fused-ring (bicyclic) bond motifs is 5. The van der Waals surface area contributed by atoms with Gasteiger partial charge in [-0.2, -0.15) is 0 Å². The summed E-state index contributed by atoms with van der Waals surface area (Å²) < 4.78 is 18.2. The molecule has 4 aliphatic heterocycles. The van der Waals surface area contributed by atoms with E-state index in [-0.39, 0.29) is 42.7 Å². The van der Waals surface area contributed by atoms with E-state index in [1.54, 1.807) is 0 Å².